The van der Waals surface area contributed by atoms with Crippen molar-refractivity contribution in [1.82, 2.24) is 4.98 Å². The van der Waals surface area contributed by atoms with Gasteiger partial charge in [-0.3, -0.25) is 4.79 Å². The van der Waals surface area contributed by atoms with E-state index in [0.29, 0.717) is 0 Å². The molecule has 0 fully saturated rings. The molecule has 110 valence electrons. The first-order valence-corrected chi connectivity index (χ1v) is 7.59. The fourth-order valence-electron chi connectivity index (χ4n) is 2.84. The molecular weight excluding hydrogens is 282 g/mol. The lowest BCUT2D eigenvalue weighted by Crippen LogP contribution is -2.06. The average molecular weight is 297 g/mol. The van der Waals surface area contributed by atoms with Gasteiger partial charge in [-0.1, -0.05) is 72.8 Å². The molecule has 0 bridgehead atoms. The van der Waals surface area contributed by atoms with Crippen molar-refractivity contribution in [3.63, 3.8) is 0 Å². The molecule has 0 amide bonds. The molecule has 0 unspecified atom stereocenters. The summed E-state index contributed by atoms with van der Waals surface area (Å²) in [6, 6.07) is 28.2. The normalized spacial score (nSPS) is 10.8. The third-order valence-corrected chi connectivity index (χ3v) is 4.06. The molecule has 4 rings (SSSR count). The second-order valence-corrected chi connectivity index (χ2v) is 5.54. The van der Waals surface area contributed by atoms with Gasteiger partial charge in [0.25, 0.3) is 5.56 Å². The summed E-state index contributed by atoms with van der Waals surface area (Å²) in [5.41, 5.74) is 4.15. The Balaban J connectivity index is 1.78. The van der Waals surface area contributed by atoms with Gasteiger partial charge in [-0.15, -0.1) is 0 Å². The Kier molecular flexibility index (Phi) is 3.28. The van der Waals surface area contributed by atoms with E-state index in [1.165, 1.54) is 5.56 Å². The fraction of sp³-hybridized carbons (Fsp3) is 0. The molecule has 1 aromatic heterocycles. The molecule has 2 nitrogen and oxygen atoms in total. The van der Waals surface area contributed by atoms with Crippen molar-refractivity contribution < 1.29 is 0 Å². The molecule has 0 aliphatic rings. The topological polar surface area (TPSA) is 32.9 Å². The Morgan fingerprint density at radius 1 is 0.609 bits per heavy atom. The first-order valence-electron chi connectivity index (χ1n) is 7.59. The zero-order valence-electron chi connectivity index (χ0n) is 12.5. The smallest absolute Gasteiger partial charge is 0.256 e. The van der Waals surface area contributed by atoms with Gasteiger partial charge < -0.3 is 4.98 Å². The van der Waals surface area contributed by atoms with E-state index in [1.807, 2.05) is 60.7 Å². The van der Waals surface area contributed by atoms with Crippen LogP contribution in [0.3, 0.4) is 0 Å². The lowest BCUT2D eigenvalue weighted by atomic mass is 10.0. The van der Waals surface area contributed by atoms with Gasteiger partial charge in [-0.25, -0.2) is 0 Å². The molecular formula is C21H15NO. The van der Waals surface area contributed by atoms with Gasteiger partial charge in [0.2, 0.25) is 0 Å². The van der Waals surface area contributed by atoms with Crippen molar-refractivity contribution in [3.05, 3.63) is 95.3 Å². The Morgan fingerprint density at radius 3 is 2.00 bits per heavy atom. The predicted molar refractivity (Wildman–Crippen MR) is 95.4 cm³/mol. The van der Waals surface area contributed by atoms with E-state index in [0.717, 1.165) is 27.6 Å². The average Bonchev–Trinajstić information content (AvgIpc) is 2.63. The minimum Gasteiger partial charge on any atom is -0.321 e. The lowest BCUT2D eigenvalue weighted by Gasteiger charge is -2.06. The van der Waals surface area contributed by atoms with Crippen LogP contribution in [0.25, 0.3) is 33.2 Å². The van der Waals surface area contributed by atoms with E-state index in [2.05, 4.69) is 29.2 Å². The highest BCUT2D eigenvalue weighted by atomic mass is 16.1. The molecule has 0 saturated heterocycles. The van der Waals surface area contributed by atoms with Gasteiger partial charge in [0, 0.05) is 11.1 Å². The summed E-state index contributed by atoms with van der Waals surface area (Å²) in [4.78, 5) is 15.2. The maximum Gasteiger partial charge on any atom is 0.256 e. The number of hydrogen-bond acceptors (Lipinski definition) is 1. The van der Waals surface area contributed by atoms with Crippen LogP contribution >= 0.6 is 0 Å². The number of rotatable bonds is 2. The van der Waals surface area contributed by atoms with Crippen LogP contribution in [0.1, 0.15) is 0 Å². The SMILES string of the molecule is O=c1[nH]c(-c2ccc(-c3ccccc3)cc2)cc2ccccc12. The summed E-state index contributed by atoms with van der Waals surface area (Å²) in [6.45, 7) is 0. The zero-order chi connectivity index (χ0) is 15.6. The minimum atomic E-state index is -0.0507. The van der Waals surface area contributed by atoms with E-state index in [9.17, 15) is 4.79 Å². The first kappa shape index (κ1) is 13.5. The second kappa shape index (κ2) is 5.58. The van der Waals surface area contributed by atoms with E-state index in [4.69, 9.17) is 0 Å². The third kappa shape index (κ3) is 2.55. The van der Waals surface area contributed by atoms with Gasteiger partial charge >= 0.3 is 0 Å². The van der Waals surface area contributed by atoms with E-state index >= 15 is 0 Å². The van der Waals surface area contributed by atoms with Crippen molar-refractivity contribution in [3.8, 4) is 22.4 Å². The highest BCUT2D eigenvalue weighted by Gasteiger charge is 2.04. The van der Waals surface area contributed by atoms with Crippen LogP contribution in [0.15, 0.2) is 89.7 Å². The summed E-state index contributed by atoms with van der Waals surface area (Å²) in [5, 5.41) is 1.68. The Hall–Kier alpha value is -3.13. The van der Waals surface area contributed by atoms with Crippen molar-refractivity contribution in [2.24, 2.45) is 0 Å². The number of H-pyrrole nitrogens is 1. The zero-order valence-corrected chi connectivity index (χ0v) is 12.5. The third-order valence-electron chi connectivity index (χ3n) is 4.06. The maximum atomic E-state index is 12.2. The molecule has 1 N–H and O–H groups in total. The van der Waals surface area contributed by atoms with Crippen LogP contribution in [0.4, 0.5) is 0 Å². The molecule has 3 aromatic carbocycles. The predicted octanol–water partition coefficient (Wildman–Crippen LogP) is 4.86. The summed E-state index contributed by atoms with van der Waals surface area (Å²) in [7, 11) is 0. The van der Waals surface area contributed by atoms with Gasteiger partial charge in [0.05, 0.1) is 0 Å². The summed E-state index contributed by atoms with van der Waals surface area (Å²) in [6.07, 6.45) is 0. The van der Waals surface area contributed by atoms with Crippen LogP contribution in [0.2, 0.25) is 0 Å². The summed E-state index contributed by atoms with van der Waals surface area (Å²) >= 11 is 0. The van der Waals surface area contributed by atoms with E-state index in [1.54, 1.807) is 0 Å². The standard InChI is InChI=1S/C21H15NO/c23-21-19-9-5-4-8-18(19)14-20(22-21)17-12-10-16(11-13-17)15-6-2-1-3-7-15/h1-14H,(H,22,23). The lowest BCUT2D eigenvalue weighted by molar-refractivity contribution is 1.28. The Bertz CT molecular complexity index is 1010. The Labute approximate surface area is 134 Å². The van der Waals surface area contributed by atoms with Crippen molar-refractivity contribution in [2.75, 3.05) is 0 Å². The number of aromatic amines is 1. The number of aromatic nitrogens is 1. The molecule has 0 spiro atoms. The minimum absolute atomic E-state index is 0.0507. The number of fused-ring (bicyclic) bond motifs is 1. The van der Waals surface area contributed by atoms with Crippen molar-refractivity contribution >= 4 is 10.8 Å². The molecule has 0 saturated carbocycles. The van der Waals surface area contributed by atoms with E-state index in [-0.39, 0.29) is 5.56 Å². The number of nitrogens with one attached hydrogen (secondary N) is 1. The summed E-state index contributed by atoms with van der Waals surface area (Å²) < 4.78 is 0. The largest absolute Gasteiger partial charge is 0.321 e. The molecule has 0 aliphatic heterocycles. The van der Waals surface area contributed by atoms with Gasteiger partial charge in [-0.05, 0) is 34.2 Å². The van der Waals surface area contributed by atoms with Crippen LogP contribution in [0.5, 0.6) is 0 Å². The highest BCUT2D eigenvalue weighted by Crippen LogP contribution is 2.24. The molecule has 1 heterocycles. The van der Waals surface area contributed by atoms with E-state index < -0.39 is 0 Å². The quantitative estimate of drug-likeness (QED) is 0.563. The van der Waals surface area contributed by atoms with Gasteiger partial charge in [0.1, 0.15) is 0 Å². The molecule has 0 aliphatic carbocycles. The fourth-order valence-corrected chi connectivity index (χ4v) is 2.84. The van der Waals surface area contributed by atoms with Crippen LogP contribution < -0.4 is 5.56 Å². The maximum absolute atomic E-state index is 12.2. The number of benzene rings is 3. The molecule has 0 radical (unpaired) electrons. The van der Waals surface area contributed by atoms with Crippen molar-refractivity contribution in [1.29, 1.82) is 0 Å². The molecule has 2 heteroatoms. The monoisotopic (exact) mass is 297 g/mol. The first-order chi connectivity index (χ1) is 11.3. The molecule has 4 aromatic rings. The van der Waals surface area contributed by atoms with Crippen molar-refractivity contribution in [2.45, 2.75) is 0 Å². The summed E-state index contributed by atoms with van der Waals surface area (Å²) in [5.74, 6) is 0. The van der Waals surface area contributed by atoms with Gasteiger partial charge in [-0.2, -0.15) is 0 Å². The number of pyridine rings is 1. The number of hydrogen-bond donors (Lipinski definition) is 1. The Morgan fingerprint density at radius 2 is 1.22 bits per heavy atom. The second-order valence-electron chi connectivity index (χ2n) is 5.54. The molecule has 0 atom stereocenters. The van der Waals surface area contributed by atoms with Crippen LogP contribution in [-0.4, -0.2) is 4.98 Å². The van der Waals surface area contributed by atoms with Gasteiger partial charge in [0.15, 0.2) is 0 Å². The molecule has 23 heavy (non-hydrogen) atoms. The van der Waals surface area contributed by atoms with Crippen LogP contribution in [0, 0.1) is 0 Å². The highest BCUT2D eigenvalue weighted by molar-refractivity contribution is 5.85. The van der Waals surface area contributed by atoms with Crippen LogP contribution in [-0.2, 0) is 0 Å².